The number of thiazole rings is 1. The molecular weight excluding hydrogens is 246 g/mol. The van der Waals surface area contributed by atoms with Crippen LogP contribution in [0.3, 0.4) is 0 Å². The molecule has 0 bridgehead atoms. The molecule has 0 saturated carbocycles. The van der Waals surface area contributed by atoms with Crippen LogP contribution in [0.5, 0.6) is 10.9 Å². The molecule has 2 aromatic rings. The van der Waals surface area contributed by atoms with Crippen molar-refractivity contribution in [2.45, 2.75) is 6.92 Å². The molecule has 2 rings (SSSR count). The molecule has 0 atom stereocenters. The van der Waals surface area contributed by atoms with E-state index in [0.717, 1.165) is 11.2 Å². The summed E-state index contributed by atoms with van der Waals surface area (Å²) in [5.74, 6) is 0.649. The Morgan fingerprint density at radius 3 is 2.62 bits per heavy atom. The van der Waals surface area contributed by atoms with Gasteiger partial charge in [-0.2, -0.15) is 4.98 Å². The fourth-order valence-corrected chi connectivity index (χ4v) is 2.01. The minimum absolute atomic E-state index is 0.425. The fourth-order valence-electron chi connectivity index (χ4n) is 1.14. The zero-order chi connectivity index (χ0) is 11.5. The maximum Gasteiger partial charge on any atom is 0.279 e. The van der Waals surface area contributed by atoms with Crippen LogP contribution in [-0.4, -0.2) is 11.3 Å². The lowest BCUT2D eigenvalue weighted by molar-refractivity contribution is 0.111. The second kappa shape index (κ2) is 4.63. The fraction of sp³-hybridized carbons (Fsp3) is 0.0909. The number of hydrogen-bond acceptors (Lipinski definition) is 4. The van der Waals surface area contributed by atoms with Crippen LogP contribution in [0, 0.1) is 6.92 Å². The van der Waals surface area contributed by atoms with Gasteiger partial charge in [-0.1, -0.05) is 22.9 Å². The van der Waals surface area contributed by atoms with Gasteiger partial charge in [0, 0.05) is 9.90 Å². The highest BCUT2D eigenvalue weighted by Gasteiger charge is 2.08. The van der Waals surface area contributed by atoms with E-state index in [2.05, 4.69) is 4.98 Å². The molecule has 5 heteroatoms. The van der Waals surface area contributed by atoms with Crippen molar-refractivity contribution in [3.05, 3.63) is 39.9 Å². The summed E-state index contributed by atoms with van der Waals surface area (Å²) in [5.41, 5.74) is 0.425. The Balaban J connectivity index is 2.20. The van der Waals surface area contributed by atoms with E-state index in [4.69, 9.17) is 16.3 Å². The molecule has 0 aliphatic heterocycles. The maximum atomic E-state index is 10.6. The van der Waals surface area contributed by atoms with Gasteiger partial charge in [0.15, 0.2) is 6.29 Å². The van der Waals surface area contributed by atoms with Crippen LogP contribution in [0.4, 0.5) is 0 Å². The molecular formula is C11H8ClNO2S. The number of halogens is 1. The van der Waals surface area contributed by atoms with E-state index in [0.29, 0.717) is 21.7 Å². The molecule has 1 heterocycles. The third kappa shape index (κ3) is 2.40. The summed E-state index contributed by atoms with van der Waals surface area (Å²) < 4.78 is 5.49. The third-order valence-corrected chi connectivity index (χ3v) is 3.06. The molecule has 0 aliphatic carbocycles. The maximum absolute atomic E-state index is 10.6. The largest absolute Gasteiger partial charge is 0.431 e. The summed E-state index contributed by atoms with van der Waals surface area (Å²) in [6.07, 6.45) is 0.723. The van der Waals surface area contributed by atoms with Crippen LogP contribution < -0.4 is 4.74 Å². The number of rotatable bonds is 3. The molecule has 1 aromatic carbocycles. The molecule has 1 aromatic heterocycles. The van der Waals surface area contributed by atoms with Crippen LogP contribution in [0.2, 0.25) is 5.02 Å². The Bertz CT molecular complexity index is 507. The van der Waals surface area contributed by atoms with E-state index in [1.54, 1.807) is 24.3 Å². The number of hydrogen-bond donors (Lipinski definition) is 0. The lowest BCUT2D eigenvalue weighted by atomic mass is 10.3. The van der Waals surface area contributed by atoms with E-state index < -0.39 is 0 Å². The van der Waals surface area contributed by atoms with Crippen LogP contribution in [-0.2, 0) is 0 Å². The minimum Gasteiger partial charge on any atom is -0.431 e. The first kappa shape index (κ1) is 11.1. The number of nitrogens with zero attached hydrogens (tertiary/aromatic N) is 1. The quantitative estimate of drug-likeness (QED) is 0.783. The topological polar surface area (TPSA) is 39.2 Å². The zero-order valence-corrected chi connectivity index (χ0v) is 10.0. The van der Waals surface area contributed by atoms with Crippen LogP contribution in [0.15, 0.2) is 24.3 Å². The van der Waals surface area contributed by atoms with E-state index >= 15 is 0 Å². The number of aryl methyl sites for hydroxylation is 1. The zero-order valence-electron chi connectivity index (χ0n) is 8.44. The number of carbonyl (C=O) groups excluding carboxylic acids is 1. The summed E-state index contributed by atoms with van der Waals surface area (Å²) in [6, 6.07) is 6.97. The molecule has 0 N–H and O–H groups in total. The first-order valence-electron chi connectivity index (χ1n) is 4.55. The summed E-state index contributed by atoms with van der Waals surface area (Å²) in [6.45, 7) is 1.83. The first-order valence-corrected chi connectivity index (χ1v) is 5.74. The predicted molar refractivity (Wildman–Crippen MR) is 63.8 cm³/mol. The van der Waals surface area contributed by atoms with Crippen molar-refractivity contribution in [1.29, 1.82) is 0 Å². The second-order valence-electron chi connectivity index (χ2n) is 3.10. The van der Waals surface area contributed by atoms with Gasteiger partial charge in [-0.05, 0) is 31.2 Å². The monoisotopic (exact) mass is 253 g/mol. The van der Waals surface area contributed by atoms with Crippen LogP contribution >= 0.6 is 22.9 Å². The lowest BCUT2D eigenvalue weighted by Gasteiger charge is -2.00. The average molecular weight is 254 g/mol. The standard InChI is InChI=1S/C11H8ClNO2S/c1-7-10(6-14)13-11(16-7)15-9-4-2-8(12)3-5-9/h2-6H,1H3. The van der Waals surface area contributed by atoms with Gasteiger partial charge in [0.1, 0.15) is 11.4 Å². The summed E-state index contributed by atoms with van der Waals surface area (Å²) in [7, 11) is 0. The Hall–Kier alpha value is -1.39. The van der Waals surface area contributed by atoms with Gasteiger partial charge < -0.3 is 4.74 Å². The van der Waals surface area contributed by atoms with Gasteiger partial charge in [0.25, 0.3) is 5.19 Å². The van der Waals surface area contributed by atoms with E-state index in [9.17, 15) is 4.79 Å². The highest BCUT2D eigenvalue weighted by molar-refractivity contribution is 7.13. The Kier molecular flexibility index (Phi) is 3.22. The van der Waals surface area contributed by atoms with E-state index in [1.165, 1.54) is 11.3 Å². The van der Waals surface area contributed by atoms with Gasteiger partial charge in [-0.25, -0.2) is 0 Å². The summed E-state index contributed by atoms with van der Waals surface area (Å²) >= 11 is 7.09. The molecule has 0 saturated heterocycles. The number of ether oxygens (including phenoxy) is 1. The van der Waals surface area contributed by atoms with Crippen molar-refractivity contribution < 1.29 is 9.53 Å². The third-order valence-electron chi connectivity index (χ3n) is 1.94. The van der Waals surface area contributed by atoms with Gasteiger partial charge in [0.2, 0.25) is 0 Å². The highest BCUT2D eigenvalue weighted by atomic mass is 35.5. The molecule has 3 nitrogen and oxygen atoms in total. The molecule has 0 radical (unpaired) electrons. The van der Waals surface area contributed by atoms with Gasteiger partial charge in [-0.3, -0.25) is 4.79 Å². The van der Waals surface area contributed by atoms with Crippen molar-refractivity contribution in [3.8, 4) is 10.9 Å². The minimum atomic E-state index is 0.425. The lowest BCUT2D eigenvalue weighted by Crippen LogP contribution is -1.85. The molecule has 82 valence electrons. The molecule has 0 fully saturated rings. The van der Waals surface area contributed by atoms with Crippen molar-refractivity contribution in [2.24, 2.45) is 0 Å². The van der Waals surface area contributed by atoms with Crippen LogP contribution in [0.25, 0.3) is 0 Å². The van der Waals surface area contributed by atoms with Crippen molar-refractivity contribution in [3.63, 3.8) is 0 Å². The number of benzene rings is 1. The Morgan fingerprint density at radius 2 is 2.06 bits per heavy atom. The second-order valence-corrected chi connectivity index (χ2v) is 4.70. The van der Waals surface area contributed by atoms with Crippen molar-refractivity contribution in [1.82, 2.24) is 4.98 Å². The number of aromatic nitrogens is 1. The number of carbonyl (C=O) groups is 1. The predicted octanol–water partition coefficient (Wildman–Crippen LogP) is 3.71. The molecule has 0 spiro atoms. The molecule has 0 aliphatic rings. The normalized spacial score (nSPS) is 10.1. The SMILES string of the molecule is Cc1sc(Oc2ccc(Cl)cc2)nc1C=O. The summed E-state index contributed by atoms with van der Waals surface area (Å²) in [4.78, 5) is 15.5. The Labute approximate surface area is 102 Å². The van der Waals surface area contributed by atoms with Gasteiger partial charge in [0.05, 0.1) is 0 Å². The Morgan fingerprint density at radius 1 is 1.38 bits per heavy atom. The van der Waals surface area contributed by atoms with Crippen molar-refractivity contribution >= 4 is 29.2 Å². The van der Waals surface area contributed by atoms with E-state index in [-0.39, 0.29) is 0 Å². The summed E-state index contributed by atoms with van der Waals surface area (Å²) in [5, 5.41) is 1.11. The first-order chi connectivity index (χ1) is 7.69. The smallest absolute Gasteiger partial charge is 0.279 e. The molecule has 16 heavy (non-hydrogen) atoms. The van der Waals surface area contributed by atoms with Crippen molar-refractivity contribution in [2.75, 3.05) is 0 Å². The van der Waals surface area contributed by atoms with Gasteiger partial charge >= 0.3 is 0 Å². The highest BCUT2D eigenvalue weighted by Crippen LogP contribution is 2.28. The van der Waals surface area contributed by atoms with E-state index in [1.807, 2.05) is 6.92 Å². The molecule has 0 unspecified atom stereocenters. The number of aldehydes is 1. The van der Waals surface area contributed by atoms with Crippen LogP contribution in [0.1, 0.15) is 15.4 Å². The average Bonchev–Trinajstić information content (AvgIpc) is 2.62. The molecule has 0 amide bonds. The van der Waals surface area contributed by atoms with Gasteiger partial charge in [-0.15, -0.1) is 0 Å².